The van der Waals surface area contributed by atoms with Gasteiger partial charge in [-0.2, -0.15) is 0 Å². The minimum Gasteiger partial charge on any atom is -0.459 e. The second kappa shape index (κ2) is 4.51. The van der Waals surface area contributed by atoms with Gasteiger partial charge >= 0.3 is 0 Å². The third-order valence-electron chi connectivity index (χ3n) is 3.10. The summed E-state index contributed by atoms with van der Waals surface area (Å²) in [6.07, 6.45) is 6.13. The molecular formula is C12H17NO2. The van der Waals surface area contributed by atoms with Crippen LogP contribution in [0.25, 0.3) is 0 Å². The molecule has 0 atom stereocenters. The fraction of sp³-hybridized carbons (Fsp3) is 0.583. The lowest BCUT2D eigenvalue weighted by atomic mass is 9.87. The summed E-state index contributed by atoms with van der Waals surface area (Å²) in [6.45, 7) is 2.27. The Bertz CT molecular complexity index is 310. The Hall–Kier alpha value is -1.25. The lowest BCUT2D eigenvalue weighted by Gasteiger charge is -2.26. The van der Waals surface area contributed by atoms with E-state index in [0.717, 1.165) is 18.8 Å². The first-order valence-electron chi connectivity index (χ1n) is 5.60. The van der Waals surface area contributed by atoms with Crippen LogP contribution in [0.5, 0.6) is 0 Å². The van der Waals surface area contributed by atoms with Crippen molar-refractivity contribution in [3.63, 3.8) is 0 Å². The van der Waals surface area contributed by atoms with Crippen molar-refractivity contribution in [1.82, 2.24) is 5.32 Å². The molecule has 1 saturated carbocycles. The summed E-state index contributed by atoms with van der Waals surface area (Å²) in [5.41, 5.74) is 0. The Kier molecular flexibility index (Phi) is 3.09. The van der Waals surface area contributed by atoms with Crippen LogP contribution >= 0.6 is 0 Å². The smallest absolute Gasteiger partial charge is 0.287 e. The molecule has 0 unspecified atom stereocenters. The summed E-state index contributed by atoms with van der Waals surface area (Å²) >= 11 is 0. The highest BCUT2D eigenvalue weighted by Crippen LogP contribution is 2.23. The number of hydrogen-bond donors (Lipinski definition) is 1. The van der Waals surface area contributed by atoms with Gasteiger partial charge in [0.15, 0.2) is 5.76 Å². The third kappa shape index (κ3) is 2.61. The van der Waals surface area contributed by atoms with E-state index < -0.39 is 0 Å². The zero-order chi connectivity index (χ0) is 10.7. The molecule has 3 heteroatoms. The second-order valence-electron chi connectivity index (χ2n) is 4.41. The predicted octanol–water partition coefficient (Wildman–Crippen LogP) is 2.59. The molecule has 0 spiro atoms. The van der Waals surface area contributed by atoms with E-state index in [9.17, 15) is 4.79 Å². The molecule has 1 aliphatic carbocycles. The highest BCUT2D eigenvalue weighted by molar-refractivity contribution is 5.91. The van der Waals surface area contributed by atoms with E-state index in [0.29, 0.717) is 11.8 Å². The normalized spacial score (nSPS) is 26.2. The molecule has 0 bridgehead atoms. The van der Waals surface area contributed by atoms with Crippen LogP contribution in [-0.2, 0) is 0 Å². The first-order valence-corrected chi connectivity index (χ1v) is 5.60. The summed E-state index contributed by atoms with van der Waals surface area (Å²) in [7, 11) is 0. The molecule has 82 valence electrons. The van der Waals surface area contributed by atoms with E-state index in [1.54, 1.807) is 12.1 Å². The van der Waals surface area contributed by atoms with Crippen LogP contribution in [0.2, 0.25) is 0 Å². The monoisotopic (exact) mass is 207 g/mol. The van der Waals surface area contributed by atoms with Gasteiger partial charge in [0.25, 0.3) is 5.91 Å². The average Bonchev–Trinajstić information content (AvgIpc) is 2.74. The molecule has 1 N–H and O–H groups in total. The van der Waals surface area contributed by atoms with E-state index in [1.807, 2.05) is 0 Å². The molecule has 1 fully saturated rings. The highest BCUT2D eigenvalue weighted by Gasteiger charge is 2.20. The van der Waals surface area contributed by atoms with Gasteiger partial charge in [0.05, 0.1) is 6.26 Å². The zero-order valence-electron chi connectivity index (χ0n) is 9.03. The standard InChI is InChI=1S/C12H17NO2/c1-9-4-6-10(7-5-9)13-12(14)11-3-2-8-15-11/h2-3,8-10H,4-7H2,1H3,(H,13,14). The van der Waals surface area contributed by atoms with Gasteiger partial charge in [0, 0.05) is 6.04 Å². The first-order chi connectivity index (χ1) is 7.25. The van der Waals surface area contributed by atoms with Gasteiger partial charge in [-0.3, -0.25) is 4.79 Å². The molecule has 1 aliphatic rings. The van der Waals surface area contributed by atoms with E-state index in [1.165, 1.54) is 19.1 Å². The SMILES string of the molecule is CC1CCC(NC(=O)c2ccco2)CC1. The van der Waals surface area contributed by atoms with Crippen LogP contribution in [0.3, 0.4) is 0 Å². The minimum absolute atomic E-state index is 0.0837. The Morgan fingerprint density at radius 3 is 2.73 bits per heavy atom. The largest absolute Gasteiger partial charge is 0.459 e. The Labute approximate surface area is 89.9 Å². The topological polar surface area (TPSA) is 42.2 Å². The van der Waals surface area contributed by atoms with Gasteiger partial charge in [-0.25, -0.2) is 0 Å². The zero-order valence-corrected chi connectivity index (χ0v) is 9.03. The Balaban J connectivity index is 1.85. The van der Waals surface area contributed by atoms with Gasteiger partial charge in [-0.05, 0) is 43.7 Å². The third-order valence-corrected chi connectivity index (χ3v) is 3.10. The van der Waals surface area contributed by atoms with Crippen LogP contribution in [0, 0.1) is 5.92 Å². The highest BCUT2D eigenvalue weighted by atomic mass is 16.3. The van der Waals surface area contributed by atoms with Crippen LogP contribution in [0.1, 0.15) is 43.2 Å². The molecule has 0 radical (unpaired) electrons. The van der Waals surface area contributed by atoms with Crippen LogP contribution < -0.4 is 5.32 Å². The van der Waals surface area contributed by atoms with E-state index in [4.69, 9.17) is 4.42 Å². The van der Waals surface area contributed by atoms with Gasteiger partial charge in [0.1, 0.15) is 0 Å². The molecular weight excluding hydrogens is 190 g/mol. The van der Waals surface area contributed by atoms with Crippen LogP contribution in [-0.4, -0.2) is 11.9 Å². The fourth-order valence-electron chi connectivity index (χ4n) is 2.07. The predicted molar refractivity (Wildman–Crippen MR) is 57.6 cm³/mol. The molecule has 1 amide bonds. The van der Waals surface area contributed by atoms with Crippen molar-refractivity contribution in [2.24, 2.45) is 5.92 Å². The summed E-state index contributed by atoms with van der Waals surface area (Å²) in [5.74, 6) is 1.13. The van der Waals surface area contributed by atoms with E-state index in [-0.39, 0.29) is 5.91 Å². The number of carbonyl (C=O) groups is 1. The quantitative estimate of drug-likeness (QED) is 0.809. The number of nitrogens with one attached hydrogen (secondary N) is 1. The molecule has 0 aromatic carbocycles. The number of carbonyl (C=O) groups excluding carboxylic acids is 1. The van der Waals surface area contributed by atoms with Crippen molar-refractivity contribution in [3.8, 4) is 0 Å². The van der Waals surface area contributed by atoms with Crippen molar-refractivity contribution in [3.05, 3.63) is 24.2 Å². The van der Waals surface area contributed by atoms with Crippen molar-refractivity contribution in [2.75, 3.05) is 0 Å². The molecule has 0 saturated heterocycles. The van der Waals surface area contributed by atoms with Crippen molar-refractivity contribution >= 4 is 5.91 Å². The molecule has 15 heavy (non-hydrogen) atoms. The van der Waals surface area contributed by atoms with Crippen LogP contribution in [0.15, 0.2) is 22.8 Å². The Morgan fingerprint density at radius 2 is 2.13 bits per heavy atom. The molecule has 0 aliphatic heterocycles. The summed E-state index contributed by atoms with van der Waals surface area (Å²) in [6, 6.07) is 3.76. The maximum absolute atomic E-state index is 11.7. The lowest BCUT2D eigenvalue weighted by molar-refractivity contribution is 0.0895. The summed E-state index contributed by atoms with van der Waals surface area (Å²) in [5, 5.41) is 3.01. The second-order valence-corrected chi connectivity index (χ2v) is 4.41. The van der Waals surface area contributed by atoms with Gasteiger partial charge < -0.3 is 9.73 Å². The van der Waals surface area contributed by atoms with Crippen LogP contribution in [0.4, 0.5) is 0 Å². The Morgan fingerprint density at radius 1 is 1.40 bits per heavy atom. The van der Waals surface area contributed by atoms with E-state index >= 15 is 0 Å². The summed E-state index contributed by atoms with van der Waals surface area (Å²) < 4.78 is 5.05. The maximum Gasteiger partial charge on any atom is 0.287 e. The van der Waals surface area contributed by atoms with Gasteiger partial charge in [-0.15, -0.1) is 0 Å². The van der Waals surface area contributed by atoms with E-state index in [2.05, 4.69) is 12.2 Å². The van der Waals surface area contributed by atoms with Crippen molar-refractivity contribution < 1.29 is 9.21 Å². The maximum atomic E-state index is 11.7. The molecule has 2 rings (SSSR count). The summed E-state index contributed by atoms with van der Waals surface area (Å²) in [4.78, 5) is 11.7. The van der Waals surface area contributed by atoms with Crippen molar-refractivity contribution in [2.45, 2.75) is 38.6 Å². The first kappa shape index (κ1) is 10.3. The number of hydrogen-bond acceptors (Lipinski definition) is 2. The minimum atomic E-state index is -0.0837. The molecule has 1 aromatic heterocycles. The number of rotatable bonds is 2. The molecule has 1 heterocycles. The lowest BCUT2D eigenvalue weighted by Crippen LogP contribution is -2.37. The fourth-order valence-corrected chi connectivity index (χ4v) is 2.07. The van der Waals surface area contributed by atoms with Gasteiger partial charge in [0.2, 0.25) is 0 Å². The van der Waals surface area contributed by atoms with Gasteiger partial charge in [-0.1, -0.05) is 6.92 Å². The average molecular weight is 207 g/mol. The molecule has 3 nitrogen and oxygen atoms in total. The number of amides is 1. The molecule has 1 aromatic rings. The van der Waals surface area contributed by atoms with Crippen molar-refractivity contribution in [1.29, 1.82) is 0 Å². The number of furan rings is 1.